The standard InChI is InChI=1S/C24H32N4/c1-18-12-21(15-25-16-23-14-20-6-4-5-7-24(20)26-23)19(2)22(13-18)17-28-10-8-27(3)9-11-28/h4-7,12-14,25-26H,8-11,15-17H2,1-3H3. The molecule has 0 spiro atoms. The summed E-state index contributed by atoms with van der Waals surface area (Å²) < 4.78 is 0. The van der Waals surface area contributed by atoms with E-state index in [1.165, 1.54) is 51.9 Å². The van der Waals surface area contributed by atoms with Gasteiger partial charge in [0.25, 0.3) is 0 Å². The van der Waals surface area contributed by atoms with Gasteiger partial charge in [0.15, 0.2) is 0 Å². The Morgan fingerprint density at radius 3 is 2.46 bits per heavy atom. The van der Waals surface area contributed by atoms with Crippen LogP contribution in [0.4, 0.5) is 0 Å². The van der Waals surface area contributed by atoms with Gasteiger partial charge in [0.1, 0.15) is 0 Å². The van der Waals surface area contributed by atoms with Crippen LogP contribution in [0, 0.1) is 13.8 Å². The van der Waals surface area contributed by atoms with Gasteiger partial charge >= 0.3 is 0 Å². The highest BCUT2D eigenvalue weighted by Crippen LogP contribution is 2.20. The van der Waals surface area contributed by atoms with Crippen molar-refractivity contribution in [3.63, 3.8) is 0 Å². The normalized spacial score (nSPS) is 16.1. The lowest BCUT2D eigenvalue weighted by atomic mass is 9.98. The molecule has 0 atom stereocenters. The van der Waals surface area contributed by atoms with Crippen molar-refractivity contribution >= 4 is 10.9 Å². The number of nitrogens with zero attached hydrogens (tertiary/aromatic N) is 2. The summed E-state index contributed by atoms with van der Waals surface area (Å²) in [7, 11) is 2.21. The van der Waals surface area contributed by atoms with Crippen LogP contribution in [0.1, 0.15) is 27.9 Å². The lowest BCUT2D eigenvalue weighted by Gasteiger charge is -2.33. The maximum atomic E-state index is 3.63. The van der Waals surface area contributed by atoms with Crippen LogP contribution in [0.3, 0.4) is 0 Å². The summed E-state index contributed by atoms with van der Waals surface area (Å²) in [6.45, 7) is 12.0. The van der Waals surface area contributed by atoms with Crippen LogP contribution >= 0.6 is 0 Å². The third-order valence-corrected chi connectivity index (χ3v) is 5.97. The lowest BCUT2D eigenvalue weighted by Crippen LogP contribution is -2.44. The Balaban J connectivity index is 1.40. The van der Waals surface area contributed by atoms with E-state index in [2.05, 4.69) is 83.5 Å². The van der Waals surface area contributed by atoms with Gasteiger partial charge < -0.3 is 15.2 Å². The molecule has 2 heterocycles. The predicted molar refractivity (Wildman–Crippen MR) is 118 cm³/mol. The summed E-state index contributed by atoms with van der Waals surface area (Å²) in [5, 5.41) is 4.91. The minimum Gasteiger partial charge on any atom is -0.357 e. The second-order valence-electron chi connectivity index (χ2n) is 8.27. The first kappa shape index (κ1) is 19.2. The van der Waals surface area contributed by atoms with Crippen LogP contribution < -0.4 is 5.32 Å². The van der Waals surface area contributed by atoms with Crippen LogP contribution in [0.5, 0.6) is 0 Å². The third-order valence-electron chi connectivity index (χ3n) is 5.97. The first-order valence-electron chi connectivity index (χ1n) is 10.4. The molecule has 0 unspecified atom stereocenters. The van der Waals surface area contributed by atoms with E-state index in [-0.39, 0.29) is 0 Å². The number of aromatic nitrogens is 1. The first-order valence-corrected chi connectivity index (χ1v) is 10.4. The van der Waals surface area contributed by atoms with Gasteiger partial charge in [-0.15, -0.1) is 0 Å². The Labute approximate surface area is 168 Å². The van der Waals surface area contributed by atoms with E-state index in [0.717, 1.165) is 32.7 Å². The third kappa shape index (κ3) is 4.46. The highest BCUT2D eigenvalue weighted by Gasteiger charge is 2.16. The summed E-state index contributed by atoms with van der Waals surface area (Å²) in [6, 6.07) is 15.4. The molecule has 0 saturated carbocycles. The fraction of sp³-hybridized carbons (Fsp3) is 0.417. The van der Waals surface area contributed by atoms with Gasteiger partial charge in [-0.05, 0) is 55.1 Å². The van der Waals surface area contributed by atoms with Gasteiger partial charge in [0.2, 0.25) is 0 Å². The Kier molecular flexibility index (Phi) is 5.81. The predicted octanol–water partition coefficient (Wildman–Crippen LogP) is 3.82. The Morgan fingerprint density at radius 1 is 0.929 bits per heavy atom. The van der Waals surface area contributed by atoms with E-state index < -0.39 is 0 Å². The molecule has 4 rings (SSSR count). The Morgan fingerprint density at radius 2 is 1.68 bits per heavy atom. The van der Waals surface area contributed by atoms with E-state index in [0.29, 0.717) is 0 Å². The molecule has 1 aliphatic heterocycles. The van der Waals surface area contributed by atoms with Crippen molar-refractivity contribution < 1.29 is 0 Å². The van der Waals surface area contributed by atoms with Gasteiger partial charge in [0, 0.05) is 57.0 Å². The molecule has 0 amide bonds. The number of rotatable bonds is 6. The topological polar surface area (TPSA) is 34.3 Å². The van der Waals surface area contributed by atoms with Gasteiger partial charge in [-0.1, -0.05) is 35.9 Å². The zero-order valence-corrected chi connectivity index (χ0v) is 17.4. The molecule has 2 N–H and O–H groups in total. The molecule has 0 bridgehead atoms. The van der Waals surface area contributed by atoms with E-state index >= 15 is 0 Å². The second-order valence-corrected chi connectivity index (χ2v) is 8.27. The minimum absolute atomic E-state index is 0.857. The number of hydrogen-bond acceptors (Lipinski definition) is 3. The Bertz CT molecular complexity index is 902. The fourth-order valence-corrected chi connectivity index (χ4v) is 4.17. The van der Waals surface area contributed by atoms with Crippen molar-refractivity contribution in [1.29, 1.82) is 0 Å². The largest absolute Gasteiger partial charge is 0.357 e. The van der Waals surface area contributed by atoms with Crippen molar-refractivity contribution in [3.8, 4) is 0 Å². The quantitative estimate of drug-likeness (QED) is 0.686. The zero-order chi connectivity index (χ0) is 19.5. The maximum absolute atomic E-state index is 3.63. The average molecular weight is 377 g/mol. The van der Waals surface area contributed by atoms with Crippen molar-refractivity contribution in [3.05, 3.63) is 70.4 Å². The number of aryl methyl sites for hydroxylation is 1. The average Bonchev–Trinajstić information content (AvgIpc) is 3.10. The monoisotopic (exact) mass is 376 g/mol. The smallest absolute Gasteiger partial charge is 0.0456 e. The van der Waals surface area contributed by atoms with Gasteiger partial charge in [-0.25, -0.2) is 0 Å². The molecular weight excluding hydrogens is 344 g/mol. The van der Waals surface area contributed by atoms with Crippen LogP contribution in [-0.4, -0.2) is 48.0 Å². The number of aromatic amines is 1. The van der Waals surface area contributed by atoms with Gasteiger partial charge in [0.05, 0.1) is 0 Å². The Hall–Kier alpha value is -2.14. The number of benzene rings is 2. The van der Waals surface area contributed by atoms with Gasteiger partial charge in [-0.2, -0.15) is 0 Å². The number of nitrogens with one attached hydrogen (secondary N) is 2. The number of para-hydroxylation sites is 1. The summed E-state index contributed by atoms with van der Waals surface area (Å²) in [4.78, 5) is 8.51. The molecule has 2 aromatic carbocycles. The summed E-state index contributed by atoms with van der Waals surface area (Å²) in [5.74, 6) is 0. The molecule has 28 heavy (non-hydrogen) atoms. The summed E-state index contributed by atoms with van der Waals surface area (Å²) >= 11 is 0. The van der Waals surface area contributed by atoms with Crippen molar-refractivity contribution in [1.82, 2.24) is 20.1 Å². The molecule has 0 aliphatic carbocycles. The SMILES string of the molecule is Cc1cc(CNCc2cc3ccccc3[nH]2)c(C)c(CN2CCN(C)CC2)c1. The molecule has 3 aromatic rings. The van der Waals surface area contributed by atoms with E-state index in [1.54, 1.807) is 0 Å². The maximum Gasteiger partial charge on any atom is 0.0456 e. The first-order chi connectivity index (χ1) is 13.6. The summed E-state index contributed by atoms with van der Waals surface area (Å²) in [5.41, 5.74) is 8.14. The zero-order valence-electron chi connectivity index (χ0n) is 17.4. The fourth-order valence-electron chi connectivity index (χ4n) is 4.17. The molecule has 148 valence electrons. The molecule has 1 saturated heterocycles. The number of piperazine rings is 1. The highest BCUT2D eigenvalue weighted by atomic mass is 15.2. The van der Waals surface area contributed by atoms with Crippen molar-refractivity contribution in [2.75, 3.05) is 33.2 Å². The van der Waals surface area contributed by atoms with Crippen LogP contribution in [0.2, 0.25) is 0 Å². The molecule has 1 aromatic heterocycles. The van der Waals surface area contributed by atoms with E-state index in [4.69, 9.17) is 0 Å². The highest BCUT2D eigenvalue weighted by molar-refractivity contribution is 5.80. The second kappa shape index (κ2) is 8.48. The number of fused-ring (bicyclic) bond motifs is 1. The summed E-state index contributed by atoms with van der Waals surface area (Å²) in [6.07, 6.45) is 0. The van der Waals surface area contributed by atoms with Crippen molar-refractivity contribution in [2.45, 2.75) is 33.5 Å². The number of hydrogen-bond donors (Lipinski definition) is 2. The molecule has 1 fully saturated rings. The molecule has 0 radical (unpaired) electrons. The molecular formula is C24H32N4. The van der Waals surface area contributed by atoms with Crippen molar-refractivity contribution in [2.24, 2.45) is 0 Å². The molecule has 4 heteroatoms. The number of H-pyrrole nitrogens is 1. The van der Waals surface area contributed by atoms with E-state index in [9.17, 15) is 0 Å². The minimum atomic E-state index is 0.857. The molecule has 4 nitrogen and oxygen atoms in total. The van der Waals surface area contributed by atoms with Crippen LogP contribution in [-0.2, 0) is 19.6 Å². The number of likely N-dealkylation sites (N-methyl/N-ethyl adjacent to an activating group) is 1. The molecule has 1 aliphatic rings. The van der Waals surface area contributed by atoms with Gasteiger partial charge in [-0.3, -0.25) is 4.90 Å². The lowest BCUT2D eigenvalue weighted by molar-refractivity contribution is 0.148. The van der Waals surface area contributed by atoms with Crippen LogP contribution in [0.15, 0.2) is 42.5 Å². The van der Waals surface area contributed by atoms with E-state index in [1.807, 2.05) is 0 Å². The van der Waals surface area contributed by atoms with Crippen LogP contribution in [0.25, 0.3) is 10.9 Å².